The molecule has 1 aliphatic heterocycles. The third kappa shape index (κ3) is 1.45. The van der Waals surface area contributed by atoms with Gasteiger partial charge in [0.25, 0.3) is 0 Å². The van der Waals surface area contributed by atoms with Gasteiger partial charge in [-0.05, 0) is 49.5 Å². The Morgan fingerprint density at radius 3 is 2.81 bits per heavy atom. The molecule has 1 unspecified atom stereocenters. The molecule has 0 bridgehead atoms. The SMILES string of the molecule is NC1CC2(CCNCC2)c2c(Br)cccc21. The molecule has 1 saturated heterocycles. The van der Waals surface area contributed by atoms with Gasteiger partial charge in [0.15, 0.2) is 0 Å². The van der Waals surface area contributed by atoms with E-state index in [2.05, 4.69) is 39.4 Å². The van der Waals surface area contributed by atoms with E-state index < -0.39 is 0 Å². The van der Waals surface area contributed by atoms with Crippen LogP contribution < -0.4 is 11.1 Å². The van der Waals surface area contributed by atoms with Crippen molar-refractivity contribution < 1.29 is 0 Å². The lowest BCUT2D eigenvalue weighted by atomic mass is 9.74. The second-order valence-electron chi connectivity index (χ2n) is 5.05. The average Bonchev–Trinajstić information content (AvgIpc) is 2.55. The summed E-state index contributed by atoms with van der Waals surface area (Å²) in [6, 6.07) is 6.68. The van der Waals surface area contributed by atoms with Crippen LogP contribution in [0.1, 0.15) is 36.4 Å². The number of nitrogens with one attached hydrogen (secondary N) is 1. The molecule has 1 spiro atoms. The van der Waals surface area contributed by atoms with Crippen molar-refractivity contribution in [3.05, 3.63) is 33.8 Å². The Balaban J connectivity index is 2.13. The molecule has 1 fully saturated rings. The summed E-state index contributed by atoms with van der Waals surface area (Å²) < 4.78 is 1.25. The summed E-state index contributed by atoms with van der Waals surface area (Å²) in [4.78, 5) is 0. The molecule has 0 radical (unpaired) electrons. The number of nitrogens with two attached hydrogens (primary N) is 1. The van der Waals surface area contributed by atoms with E-state index in [-0.39, 0.29) is 6.04 Å². The highest BCUT2D eigenvalue weighted by Gasteiger charge is 2.44. The second-order valence-corrected chi connectivity index (χ2v) is 5.90. The van der Waals surface area contributed by atoms with Gasteiger partial charge < -0.3 is 11.1 Å². The summed E-state index contributed by atoms with van der Waals surface area (Å²) in [5.41, 5.74) is 9.46. The number of benzene rings is 1. The fourth-order valence-corrected chi connectivity index (χ4v) is 4.20. The van der Waals surface area contributed by atoms with Gasteiger partial charge in [0.1, 0.15) is 0 Å². The van der Waals surface area contributed by atoms with E-state index in [9.17, 15) is 0 Å². The normalized spacial score (nSPS) is 27.0. The second kappa shape index (κ2) is 3.83. The highest BCUT2D eigenvalue weighted by Crippen LogP contribution is 2.51. The third-order valence-corrected chi connectivity index (χ3v) is 4.81. The van der Waals surface area contributed by atoms with Crippen LogP contribution in [0.5, 0.6) is 0 Å². The monoisotopic (exact) mass is 280 g/mol. The van der Waals surface area contributed by atoms with Gasteiger partial charge in [-0.25, -0.2) is 0 Å². The molecular weight excluding hydrogens is 264 g/mol. The Kier molecular flexibility index (Phi) is 2.57. The van der Waals surface area contributed by atoms with Gasteiger partial charge in [0, 0.05) is 15.9 Å². The predicted octanol–water partition coefficient (Wildman–Crippen LogP) is 2.47. The first kappa shape index (κ1) is 10.8. The summed E-state index contributed by atoms with van der Waals surface area (Å²) in [6.07, 6.45) is 3.55. The molecule has 1 aromatic carbocycles. The Labute approximate surface area is 105 Å². The van der Waals surface area contributed by atoms with Crippen LogP contribution >= 0.6 is 15.9 Å². The molecule has 3 N–H and O–H groups in total. The van der Waals surface area contributed by atoms with Gasteiger partial charge in [-0.2, -0.15) is 0 Å². The van der Waals surface area contributed by atoms with Crippen LogP contribution in [0.2, 0.25) is 0 Å². The largest absolute Gasteiger partial charge is 0.324 e. The van der Waals surface area contributed by atoms with E-state index in [1.807, 2.05) is 0 Å². The first-order valence-electron chi connectivity index (χ1n) is 5.98. The Morgan fingerprint density at radius 1 is 1.31 bits per heavy atom. The molecule has 0 amide bonds. The smallest absolute Gasteiger partial charge is 0.0306 e. The molecular formula is C13H17BrN2. The third-order valence-electron chi connectivity index (χ3n) is 4.15. The van der Waals surface area contributed by atoms with Crippen LogP contribution in [-0.4, -0.2) is 13.1 Å². The Morgan fingerprint density at radius 2 is 2.06 bits per heavy atom. The van der Waals surface area contributed by atoms with Gasteiger partial charge in [0.05, 0.1) is 0 Å². The van der Waals surface area contributed by atoms with Gasteiger partial charge in [-0.15, -0.1) is 0 Å². The van der Waals surface area contributed by atoms with Crippen molar-refractivity contribution in [1.29, 1.82) is 0 Å². The standard InChI is InChI=1S/C13H17BrN2/c14-10-3-1-2-9-11(15)8-13(12(9)10)4-6-16-7-5-13/h1-3,11,16H,4-8,15H2. The van der Waals surface area contributed by atoms with Crippen molar-refractivity contribution in [3.8, 4) is 0 Å². The minimum Gasteiger partial charge on any atom is -0.324 e. The van der Waals surface area contributed by atoms with E-state index in [1.54, 1.807) is 0 Å². The van der Waals surface area contributed by atoms with Crippen molar-refractivity contribution in [2.75, 3.05) is 13.1 Å². The van der Waals surface area contributed by atoms with E-state index >= 15 is 0 Å². The van der Waals surface area contributed by atoms with E-state index in [1.165, 1.54) is 28.4 Å². The number of halogens is 1. The minimum absolute atomic E-state index is 0.227. The Bertz CT molecular complexity index is 410. The summed E-state index contributed by atoms with van der Waals surface area (Å²) in [5.74, 6) is 0. The molecule has 1 aromatic rings. The molecule has 3 rings (SSSR count). The number of hydrogen-bond acceptors (Lipinski definition) is 2. The van der Waals surface area contributed by atoms with Crippen LogP contribution in [-0.2, 0) is 5.41 Å². The highest BCUT2D eigenvalue weighted by molar-refractivity contribution is 9.10. The minimum atomic E-state index is 0.227. The maximum Gasteiger partial charge on any atom is 0.0306 e. The lowest BCUT2D eigenvalue weighted by Crippen LogP contribution is -2.38. The highest BCUT2D eigenvalue weighted by atomic mass is 79.9. The summed E-state index contributed by atoms with van der Waals surface area (Å²) in [7, 11) is 0. The molecule has 1 aliphatic carbocycles. The summed E-state index contributed by atoms with van der Waals surface area (Å²) in [6.45, 7) is 2.24. The lowest BCUT2D eigenvalue weighted by Gasteiger charge is -2.35. The zero-order valence-electron chi connectivity index (χ0n) is 9.30. The molecule has 0 saturated carbocycles. The van der Waals surface area contributed by atoms with Crippen LogP contribution in [0, 0.1) is 0 Å². The fourth-order valence-electron chi connectivity index (χ4n) is 3.40. The summed E-state index contributed by atoms with van der Waals surface area (Å²) in [5, 5.41) is 3.44. The molecule has 16 heavy (non-hydrogen) atoms. The first-order valence-corrected chi connectivity index (χ1v) is 6.77. The van der Waals surface area contributed by atoms with Gasteiger partial charge in [-0.3, -0.25) is 0 Å². The van der Waals surface area contributed by atoms with Crippen LogP contribution in [0.15, 0.2) is 22.7 Å². The van der Waals surface area contributed by atoms with Gasteiger partial charge in [-0.1, -0.05) is 28.1 Å². The number of rotatable bonds is 0. The fraction of sp³-hybridized carbons (Fsp3) is 0.538. The molecule has 3 heteroatoms. The van der Waals surface area contributed by atoms with Crippen molar-refractivity contribution in [2.45, 2.75) is 30.7 Å². The molecule has 2 nitrogen and oxygen atoms in total. The first-order chi connectivity index (χ1) is 7.73. The van der Waals surface area contributed by atoms with Gasteiger partial charge in [0.2, 0.25) is 0 Å². The number of piperidine rings is 1. The van der Waals surface area contributed by atoms with Gasteiger partial charge >= 0.3 is 0 Å². The zero-order valence-corrected chi connectivity index (χ0v) is 10.9. The van der Waals surface area contributed by atoms with E-state index in [0.29, 0.717) is 5.41 Å². The molecule has 1 heterocycles. The molecule has 2 aliphatic rings. The topological polar surface area (TPSA) is 38.0 Å². The molecule has 1 atom stereocenters. The number of hydrogen-bond donors (Lipinski definition) is 2. The zero-order chi connectivity index (χ0) is 11.2. The van der Waals surface area contributed by atoms with E-state index in [4.69, 9.17) is 5.73 Å². The van der Waals surface area contributed by atoms with Crippen molar-refractivity contribution in [1.82, 2.24) is 5.32 Å². The summed E-state index contributed by atoms with van der Waals surface area (Å²) >= 11 is 3.71. The van der Waals surface area contributed by atoms with Crippen molar-refractivity contribution >= 4 is 15.9 Å². The van der Waals surface area contributed by atoms with Crippen LogP contribution in [0.3, 0.4) is 0 Å². The maximum atomic E-state index is 6.28. The van der Waals surface area contributed by atoms with Crippen LogP contribution in [0.4, 0.5) is 0 Å². The van der Waals surface area contributed by atoms with Crippen molar-refractivity contribution in [3.63, 3.8) is 0 Å². The average molecular weight is 281 g/mol. The molecule has 0 aromatic heterocycles. The number of fused-ring (bicyclic) bond motifs is 2. The Hall–Kier alpha value is -0.380. The molecule has 86 valence electrons. The van der Waals surface area contributed by atoms with Crippen LogP contribution in [0.25, 0.3) is 0 Å². The van der Waals surface area contributed by atoms with E-state index in [0.717, 1.165) is 19.5 Å². The van der Waals surface area contributed by atoms with Crippen molar-refractivity contribution in [2.24, 2.45) is 5.73 Å². The maximum absolute atomic E-state index is 6.28. The lowest BCUT2D eigenvalue weighted by molar-refractivity contribution is 0.293. The predicted molar refractivity (Wildman–Crippen MR) is 69.5 cm³/mol. The quantitative estimate of drug-likeness (QED) is 0.766.